The third kappa shape index (κ3) is 8.20. The topological polar surface area (TPSA) is 105 Å². The standard InChI is InChI=1S/C27H32N2O5S/c1-3-34-26-18-23(15-16-24(26)27(31)29-35(2,32)33)21-13-11-20(12-14-21)8-7-17-28-19-25(30)22-9-5-4-6-10-22/h4-6,9-16,18,25,28,30H,3,7-8,17,19H2,1-2H3,(H,29,31)/t25-/m0/s1. The van der Waals surface area contributed by atoms with E-state index in [2.05, 4.69) is 17.4 Å². The molecule has 3 rings (SSSR count). The first-order chi connectivity index (χ1) is 16.8. The smallest absolute Gasteiger partial charge is 0.268 e. The lowest BCUT2D eigenvalue weighted by Gasteiger charge is -2.13. The monoisotopic (exact) mass is 496 g/mol. The van der Waals surface area contributed by atoms with E-state index in [1.54, 1.807) is 25.1 Å². The maximum Gasteiger partial charge on any atom is 0.268 e. The number of aliphatic hydroxyl groups excluding tert-OH is 1. The summed E-state index contributed by atoms with van der Waals surface area (Å²) in [5.41, 5.74) is 4.12. The van der Waals surface area contributed by atoms with Crippen molar-refractivity contribution in [3.05, 3.63) is 89.5 Å². The normalized spacial score (nSPS) is 12.2. The highest BCUT2D eigenvalue weighted by molar-refractivity contribution is 7.89. The van der Waals surface area contributed by atoms with Gasteiger partial charge in [0.25, 0.3) is 5.91 Å². The van der Waals surface area contributed by atoms with Crippen molar-refractivity contribution < 1.29 is 23.1 Å². The largest absolute Gasteiger partial charge is 0.493 e. The van der Waals surface area contributed by atoms with Crippen LogP contribution in [0.25, 0.3) is 11.1 Å². The lowest BCUT2D eigenvalue weighted by molar-refractivity contribution is 0.0978. The summed E-state index contributed by atoms with van der Waals surface area (Å²) in [5, 5.41) is 13.5. The predicted molar refractivity (Wildman–Crippen MR) is 138 cm³/mol. The van der Waals surface area contributed by atoms with Gasteiger partial charge in [0, 0.05) is 6.54 Å². The first kappa shape index (κ1) is 26.4. The molecule has 0 bridgehead atoms. The highest BCUT2D eigenvalue weighted by Crippen LogP contribution is 2.28. The fraction of sp³-hybridized carbons (Fsp3) is 0.296. The molecule has 0 radical (unpaired) electrons. The van der Waals surface area contributed by atoms with E-state index < -0.39 is 22.0 Å². The molecular weight excluding hydrogens is 464 g/mol. The zero-order valence-corrected chi connectivity index (χ0v) is 20.8. The summed E-state index contributed by atoms with van der Waals surface area (Å²) in [6, 6.07) is 22.9. The molecule has 1 amide bonds. The van der Waals surface area contributed by atoms with Crippen molar-refractivity contribution in [2.75, 3.05) is 26.0 Å². The molecule has 3 N–H and O–H groups in total. The third-order valence-corrected chi connectivity index (χ3v) is 5.99. The van der Waals surface area contributed by atoms with Gasteiger partial charge in [0.15, 0.2) is 0 Å². The van der Waals surface area contributed by atoms with E-state index in [0.29, 0.717) is 18.9 Å². The molecule has 0 unspecified atom stereocenters. The van der Waals surface area contributed by atoms with Crippen molar-refractivity contribution >= 4 is 15.9 Å². The number of ether oxygens (including phenoxy) is 1. The second-order valence-electron chi connectivity index (χ2n) is 8.28. The Kier molecular flexibility index (Phi) is 9.42. The van der Waals surface area contributed by atoms with Crippen LogP contribution >= 0.6 is 0 Å². The summed E-state index contributed by atoms with van der Waals surface area (Å²) >= 11 is 0. The van der Waals surface area contributed by atoms with Crippen molar-refractivity contribution in [3.63, 3.8) is 0 Å². The minimum Gasteiger partial charge on any atom is -0.493 e. The summed E-state index contributed by atoms with van der Waals surface area (Å²) in [7, 11) is -3.67. The van der Waals surface area contributed by atoms with E-state index in [1.165, 1.54) is 5.56 Å². The van der Waals surface area contributed by atoms with Gasteiger partial charge in [0.1, 0.15) is 5.75 Å². The number of rotatable bonds is 12. The molecule has 1 atom stereocenters. The number of sulfonamides is 1. The number of hydrogen-bond acceptors (Lipinski definition) is 6. The number of carbonyl (C=O) groups excluding carboxylic acids is 1. The van der Waals surface area contributed by atoms with Crippen molar-refractivity contribution in [3.8, 4) is 16.9 Å². The van der Waals surface area contributed by atoms with Crippen LogP contribution in [0.15, 0.2) is 72.8 Å². The first-order valence-electron chi connectivity index (χ1n) is 11.6. The van der Waals surface area contributed by atoms with Crippen molar-refractivity contribution in [1.29, 1.82) is 0 Å². The Hall–Kier alpha value is -3.20. The Morgan fingerprint density at radius 2 is 1.69 bits per heavy atom. The van der Waals surface area contributed by atoms with E-state index in [9.17, 15) is 18.3 Å². The molecule has 7 nitrogen and oxygen atoms in total. The molecule has 0 aromatic heterocycles. The number of hydrogen-bond donors (Lipinski definition) is 3. The molecule has 0 spiro atoms. The number of benzene rings is 3. The minimum absolute atomic E-state index is 0.169. The molecular formula is C27H32N2O5S. The van der Waals surface area contributed by atoms with Crippen LogP contribution in [0.4, 0.5) is 0 Å². The first-order valence-corrected chi connectivity index (χ1v) is 13.5. The van der Waals surface area contributed by atoms with Gasteiger partial charge < -0.3 is 15.2 Å². The van der Waals surface area contributed by atoms with Crippen LogP contribution in [-0.4, -0.2) is 45.4 Å². The molecule has 0 saturated heterocycles. The molecule has 35 heavy (non-hydrogen) atoms. The van der Waals surface area contributed by atoms with E-state index in [4.69, 9.17) is 4.74 Å². The summed E-state index contributed by atoms with van der Waals surface area (Å²) in [6.07, 6.45) is 2.27. The number of aryl methyl sites for hydroxylation is 1. The van der Waals surface area contributed by atoms with Gasteiger partial charge in [-0.2, -0.15) is 0 Å². The van der Waals surface area contributed by atoms with Gasteiger partial charge in [0.2, 0.25) is 10.0 Å². The minimum atomic E-state index is -3.67. The molecule has 0 saturated carbocycles. The van der Waals surface area contributed by atoms with Crippen molar-refractivity contribution in [2.45, 2.75) is 25.9 Å². The van der Waals surface area contributed by atoms with Crippen LogP contribution in [-0.2, 0) is 16.4 Å². The summed E-state index contributed by atoms with van der Waals surface area (Å²) < 4.78 is 30.4. The molecule has 0 aliphatic heterocycles. The van der Waals surface area contributed by atoms with Gasteiger partial charge in [-0.05, 0) is 60.7 Å². The Bertz CT molecular complexity index is 1210. The second-order valence-corrected chi connectivity index (χ2v) is 10.0. The number of nitrogens with one attached hydrogen (secondary N) is 2. The average Bonchev–Trinajstić information content (AvgIpc) is 2.84. The number of carbonyl (C=O) groups is 1. The van der Waals surface area contributed by atoms with Crippen LogP contribution in [0.5, 0.6) is 5.75 Å². The zero-order valence-electron chi connectivity index (χ0n) is 20.0. The fourth-order valence-corrected chi connectivity index (χ4v) is 4.15. The Balaban J connectivity index is 1.55. The second kappa shape index (κ2) is 12.5. The number of amides is 1. The van der Waals surface area contributed by atoms with Crippen LogP contribution in [0.3, 0.4) is 0 Å². The Labute approximate surface area is 207 Å². The lowest BCUT2D eigenvalue weighted by Crippen LogP contribution is -2.29. The Morgan fingerprint density at radius 3 is 2.34 bits per heavy atom. The maximum atomic E-state index is 12.3. The van der Waals surface area contributed by atoms with Crippen LogP contribution < -0.4 is 14.8 Å². The summed E-state index contributed by atoms with van der Waals surface area (Å²) in [5.74, 6) is -0.387. The molecule has 0 aliphatic rings. The van der Waals surface area contributed by atoms with Gasteiger partial charge in [-0.3, -0.25) is 4.79 Å². The fourth-order valence-electron chi connectivity index (χ4n) is 3.70. The molecule has 3 aromatic rings. The van der Waals surface area contributed by atoms with Gasteiger partial charge in [0.05, 0.1) is 24.5 Å². The van der Waals surface area contributed by atoms with E-state index >= 15 is 0 Å². The quantitative estimate of drug-likeness (QED) is 0.330. The average molecular weight is 497 g/mol. The zero-order chi connectivity index (χ0) is 25.3. The molecule has 0 heterocycles. The predicted octanol–water partition coefficient (Wildman–Crippen LogP) is 3.70. The van der Waals surface area contributed by atoms with Gasteiger partial charge >= 0.3 is 0 Å². The number of aliphatic hydroxyl groups is 1. The maximum absolute atomic E-state index is 12.3. The molecule has 0 fully saturated rings. The lowest BCUT2D eigenvalue weighted by atomic mass is 10.00. The van der Waals surface area contributed by atoms with Crippen LogP contribution in [0.2, 0.25) is 0 Å². The SMILES string of the molecule is CCOc1cc(-c2ccc(CCCNC[C@H](O)c3ccccc3)cc2)ccc1C(=O)NS(C)(=O)=O. The highest BCUT2D eigenvalue weighted by atomic mass is 32.2. The van der Waals surface area contributed by atoms with E-state index in [0.717, 1.165) is 42.3 Å². The molecule has 186 valence electrons. The van der Waals surface area contributed by atoms with Gasteiger partial charge in [-0.15, -0.1) is 0 Å². The van der Waals surface area contributed by atoms with Crippen LogP contribution in [0, 0.1) is 0 Å². The van der Waals surface area contributed by atoms with Crippen molar-refractivity contribution in [2.24, 2.45) is 0 Å². The summed E-state index contributed by atoms with van der Waals surface area (Å²) in [4.78, 5) is 12.3. The molecule has 0 aliphatic carbocycles. The third-order valence-electron chi connectivity index (χ3n) is 5.43. The van der Waals surface area contributed by atoms with Gasteiger partial charge in [-0.25, -0.2) is 13.1 Å². The summed E-state index contributed by atoms with van der Waals surface area (Å²) in [6.45, 7) is 3.47. The molecule has 3 aromatic carbocycles. The van der Waals surface area contributed by atoms with E-state index in [-0.39, 0.29) is 5.56 Å². The Morgan fingerprint density at radius 1 is 1.00 bits per heavy atom. The molecule has 8 heteroatoms. The van der Waals surface area contributed by atoms with Gasteiger partial charge in [-0.1, -0.05) is 60.7 Å². The highest BCUT2D eigenvalue weighted by Gasteiger charge is 2.17. The van der Waals surface area contributed by atoms with Crippen LogP contribution in [0.1, 0.15) is 40.9 Å². The van der Waals surface area contributed by atoms with E-state index in [1.807, 2.05) is 47.2 Å². The van der Waals surface area contributed by atoms with Crippen molar-refractivity contribution in [1.82, 2.24) is 10.0 Å².